The molecule has 0 fully saturated rings. The Morgan fingerprint density at radius 3 is 2.40 bits per heavy atom. The van der Waals surface area contributed by atoms with Gasteiger partial charge in [-0.05, 0) is 23.6 Å². The average Bonchev–Trinajstić information content (AvgIpc) is 2.17. The average molecular weight is 209 g/mol. The molecule has 82 valence electrons. The molecule has 0 radical (unpaired) electrons. The fourth-order valence-corrected chi connectivity index (χ4v) is 1.41. The highest BCUT2D eigenvalue weighted by Crippen LogP contribution is 2.24. The van der Waals surface area contributed by atoms with Crippen molar-refractivity contribution in [1.82, 2.24) is 0 Å². The number of aliphatic hydroxyl groups is 1. The third-order valence-electron chi connectivity index (χ3n) is 2.31. The van der Waals surface area contributed by atoms with Gasteiger partial charge in [0.05, 0.1) is 12.5 Å². The van der Waals surface area contributed by atoms with Crippen LogP contribution in [0.1, 0.15) is 25.0 Å². The van der Waals surface area contributed by atoms with Crippen molar-refractivity contribution in [3.05, 3.63) is 29.8 Å². The van der Waals surface area contributed by atoms with E-state index in [1.807, 2.05) is 0 Å². The Labute approximate surface area is 88.3 Å². The van der Waals surface area contributed by atoms with E-state index in [1.54, 1.807) is 31.2 Å². The van der Waals surface area contributed by atoms with Gasteiger partial charge >= 0.3 is 5.97 Å². The molecule has 4 heteroatoms. The number of carboxylic acid groups (broad SMARTS) is 1. The van der Waals surface area contributed by atoms with E-state index in [9.17, 15) is 9.90 Å². The van der Waals surface area contributed by atoms with Crippen LogP contribution < -0.4 is 5.73 Å². The van der Waals surface area contributed by atoms with Crippen LogP contribution in [-0.4, -0.2) is 16.2 Å². The van der Waals surface area contributed by atoms with Crippen molar-refractivity contribution in [3.8, 4) is 0 Å². The first kappa shape index (κ1) is 11.5. The number of benzene rings is 1. The highest BCUT2D eigenvalue weighted by atomic mass is 16.4. The number of nitrogens with two attached hydrogens (primary N) is 1. The molecule has 1 rings (SSSR count). The highest BCUT2D eigenvalue weighted by molar-refractivity contribution is 5.67. The minimum absolute atomic E-state index is 0.0501. The van der Waals surface area contributed by atoms with Crippen molar-refractivity contribution in [3.63, 3.8) is 0 Å². The second-order valence-corrected chi connectivity index (χ2v) is 3.69. The number of rotatable bonds is 4. The summed E-state index contributed by atoms with van der Waals surface area (Å²) >= 11 is 0. The van der Waals surface area contributed by atoms with Crippen LogP contribution in [0.15, 0.2) is 24.3 Å². The molecule has 2 atom stereocenters. The first-order valence-corrected chi connectivity index (χ1v) is 4.76. The Bertz CT molecular complexity index is 334. The van der Waals surface area contributed by atoms with Gasteiger partial charge in [0.15, 0.2) is 0 Å². The second kappa shape index (κ2) is 4.79. The van der Waals surface area contributed by atoms with Crippen LogP contribution in [0.25, 0.3) is 0 Å². The molecule has 0 aromatic heterocycles. The van der Waals surface area contributed by atoms with Gasteiger partial charge in [-0.2, -0.15) is 0 Å². The van der Waals surface area contributed by atoms with Crippen LogP contribution in [0, 0.1) is 5.92 Å². The van der Waals surface area contributed by atoms with Gasteiger partial charge in [-0.25, -0.2) is 0 Å². The van der Waals surface area contributed by atoms with E-state index >= 15 is 0 Å². The third kappa shape index (κ3) is 3.25. The van der Waals surface area contributed by atoms with Crippen LogP contribution in [-0.2, 0) is 4.79 Å². The molecule has 0 aliphatic carbocycles. The van der Waals surface area contributed by atoms with Gasteiger partial charge in [-0.1, -0.05) is 19.1 Å². The molecule has 0 bridgehead atoms. The van der Waals surface area contributed by atoms with Crippen LogP contribution >= 0.6 is 0 Å². The van der Waals surface area contributed by atoms with E-state index in [1.165, 1.54) is 0 Å². The molecule has 1 aromatic rings. The molecule has 0 spiro atoms. The van der Waals surface area contributed by atoms with Crippen molar-refractivity contribution < 1.29 is 15.0 Å². The number of nitrogen functional groups attached to an aromatic ring is 1. The van der Waals surface area contributed by atoms with Crippen LogP contribution in [0.3, 0.4) is 0 Å². The largest absolute Gasteiger partial charge is 0.481 e. The summed E-state index contributed by atoms with van der Waals surface area (Å²) in [6.07, 6.45) is -0.812. The predicted octanol–water partition coefficient (Wildman–Crippen LogP) is 1.41. The number of hydrogen-bond acceptors (Lipinski definition) is 3. The molecule has 0 aliphatic rings. The van der Waals surface area contributed by atoms with E-state index in [0.29, 0.717) is 11.3 Å². The quantitative estimate of drug-likeness (QED) is 0.655. The molecule has 0 saturated heterocycles. The lowest BCUT2D eigenvalue weighted by molar-refractivity contribution is -0.139. The minimum Gasteiger partial charge on any atom is -0.481 e. The molecule has 4 nitrogen and oxygen atoms in total. The van der Waals surface area contributed by atoms with E-state index in [2.05, 4.69) is 0 Å². The second-order valence-electron chi connectivity index (χ2n) is 3.69. The van der Waals surface area contributed by atoms with Gasteiger partial charge in [0, 0.05) is 5.69 Å². The Balaban J connectivity index is 2.71. The molecule has 2 unspecified atom stereocenters. The summed E-state index contributed by atoms with van der Waals surface area (Å²) in [5, 5.41) is 18.4. The third-order valence-corrected chi connectivity index (χ3v) is 2.31. The molecule has 15 heavy (non-hydrogen) atoms. The molecule has 1 aromatic carbocycles. The topological polar surface area (TPSA) is 83.5 Å². The SMILES string of the molecule is CC(CC(=O)O)C(O)c1ccc(N)cc1. The van der Waals surface area contributed by atoms with Gasteiger partial charge in [0.1, 0.15) is 0 Å². The zero-order valence-electron chi connectivity index (χ0n) is 8.55. The van der Waals surface area contributed by atoms with Gasteiger partial charge in [0.2, 0.25) is 0 Å². The zero-order chi connectivity index (χ0) is 11.4. The molecule has 0 aliphatic heterocycles. The number of aliphatic hydroxyl groups excluding tert-OH is 1. The summed E-state index contributed by atoms with van der Waals surface area (Å²) in [6, 6.07) is 6.79. The highest BCUT2D eigenvalue weighted by Gasteiger charge is 2.18. The van der Waals surface area contributed by atoms with Gasteiger partial charge in [0.25, 0.3) is 0 Å². The maximum absolute atomic E-state index is 10.5. The number of anilines is 1. The molecule has 4 N–H and O–H groups in total. The lowest BCUT2D eigenvalue weighted by Crippen LogP contribution is -2.13. The number of aliphatic carboxylic acids is 1. The van der Waals surface area contributed by atoms with E-state index in [-0.39, 0.29) is 12.3 Å². The standard InChI is InChI=1S/C11H15NO3/c1-7(6-10(13)14)11(15)8-2-4-9(12)5-3-8/h2-5,7,11,15H,6,12H2,1H3,(H,13,14). The van der Waals surface area contributed by atoms with E-state index in [0.717, 1.165) is 0 Å². The van der Waals surface area contributed by atoms with Crippen molar-refractivity contribution >= 4 is 11.7 Å². The van der Waals surface area contributed by atoms with Crippen LogP contribution in [0.4, 0.5) is 5.69 Å². The molecular weight excluding hydrogens is 194 g/mol. The summed E-state index contributed by atoms with van der Waals surface area (Å²) in [6.45, 7) is 1.70. The Morgan fingerprint density at radius 2 is 1.93 bits per heavy atom. The summed E-state index contributed by atoms with van der Waals surface area (Å²) in [5.74, 6) is -1.22. The zero-order valence-corrected chi connectivity index (χ0v) is 8.55. The van der Waals surface area contributed by atoms with Crippen LogP contribution in [0.5, 0.6) is 0 Å². The fourth-order valence-electron chi connectivity index (χ4n) is 1.41. The Kier molecular flexibility index (Phi) is 3.68. The summed E-state index contributed by atoms with van der Waals surface area (Å²) in [7, 11) is 0. The smallest absolute Gasteiger partial charge is 0.303 e. The van der Waals surface area contributed by atoms with Gasteiger partial charge in [-0.15, -0.1) is 0 Å². The van der Waals surface area contributed by atoms with Crippen LogP contribution in [0.2, 0.25) is 0 Å². The molecule has 0 heterocycles. The Morgan fingerprint density at radius 1 is 1.40 bits per heavy atom. The van der Waals surface area contributed by atoms with Crippen molar-refractivity contribution in [2.24, 2.45) is 5.92 Å². The van der Waals surface area contributed by atoms with E-state index in [4.69, 9.17) is 10.8 Å². The lowest BCUT2D eigenvalue weighted by atomic mass is 9.94. The van der Waals surface area contributed by atoms with Gasteiger partial charge < -0.3 is 15.9 Å². The Hall–Kier alpha value is -1.55. The summed E-state index contributed by atoms with van der Waals surface area (Å²) in [4.78, 5) is 10.5. The molecule has 0 amide bonds. The molecule has 0 saturated carbocycles. The first-order valence-electron chi connectivity index (χ1n) is 4.76. The van der Waals surface area contributed by atoms with Crippen molar-refractivity contribution in [2.45, 2.75) is 19.4 Å². The molecular formula is C11H15NO3. The summed E-state index contributed by atoms with van der Waals surface area (Å²) < 4.78 is 0. The monoisotopic (exact) mass is 209 g/mol. The number of carbonyl (C=O) groups is 1. The first-order chi connectivity index (χ1) is 7.00. The van der Waals surface area contributed by atoms with Crippen molar-refractivity contribution in [1.29, 1.82) is 0 Å². The lowest BCUT2D eigenvalue weighted by Gasteiger charge is -2.17. The number of hydrogen-bond donors (Lipinski definition) is 3. The maximum Gasteiger partial charge on any atom is 0.303 e. The normalized spacial score (nSPS) is 14.5. The van der Waals surface area contributed by atoms with Gasteiger partial charge in [-0.3, -0.25) is 4.79 Å². The van der Waals surface area contributed by atoms with Crippen molar-refractivity contribution in [2.75, 3.05) is 5.73 Å². The minimum atomic E-state index is -0.906. The summed E-state index contributed by atoms with van der Waals surface area (Å²) in [5.41, 5.74) is 6.82. The predicted molar refractivity (Wildman–Crippen MR) is 57.2 cm³/mol. The number of carboxylic acids is 1. The van der Waals surface area contributed by atoms with E-state index < -0.39 is 12.1 Å². The maximum atomic E-state index is 10.5. The fraction of sp³-hybridized carbons (Fsp3) is 0.364.